The van der Waals surface area contributed by atoms with Crippen LogP contribution in [-0.2, 0) is 11.2 Å². The summed E-state index contributed by atoms with van der Waals surface area (Å²) in [4.78, 5) is 45.3. The maximum absolute atomic E-state index is 12.8. The van der Waals surface area contributed by atoms with E-state index in [1.54, 1.807) is 22.5 Å². The molecule has 0 aromatic carbocycles. The first-order chi connectivity index (χ1) is 14.4. The second kappa shape index (κ2) is 10.5. The maximum Gasteiger partial charge on any atom is 0.254 e. The second-order valence-corrected chi connectivity index (χ2v) is 8.85. The highest BCUT2D eigenvalue weighted by molar-refractivity contribution is 7.12. The number of pyridine rings is 1. The Bertz CT molecular complexity index is 881. The van der Waals surface area contributed by atoms with E-state index in [2.05, 4.69) is 4.98 Å². The van der Waals surface area contributed by atoms with Crippen molar-refractivity contribution in [2.45, 2.75) is 39.0 Å². The molecule has 0 unspecified atom stereocenters. The van der Waals surface area contributed by atoms with Crippen LogP contribution in [0.3, 0.4) is 0 Å². The molecule has 6 nitrogen and oxygen atoms in total. The molecule has 7 heteroatoms. The summed E-state index contributed by atoms with van der Waals surface area (Å²) in [5.74, 6) is 0.448. The molecule has 2 amide bonds. The lowest BCUT2D eigenvalue weighted by Crippen LogP contribution is -2.40. The van der Waals surface area contributed by atoms with E-state index in [9.17, 15) is 14.4 Å². The van der Waals surface area contributed by atoms with Crippen molar-refractivity contribution in [2.24, 2.45) is 5.92 Å². The number of piperidine rings is 1. The molecule has 3 rings (SSSR count). The number of likely N-dealkylation sites (tertiary alicyclic amines) is 1. The van der Waals surface area contributed by atoms with E-state index in [0.29, 0.717) is 35.9 Å². The molecule has 1 aliphatic heterocycles. The number of amides is 2. The van der Waals surface area contributed by atoms with Gasteiger partial charge < -0.3 is 9.80 Å². The zero-order valence-electron chi connectivity index (χ0n) is 17.7. The molecular weight excluding hydrogens is 398 g/mol. The van der Waals surface area contributed by atoms with Gasteiger partial charge in [-0.15, -0.1) is 11.3 Å². The highest BCUT2D eigenvalue weighted by Gasteiger charge is 2.26. The molecule has 1 aliphatic rings. The van der Waals surface area contributed by atoms with Crippen LogP contribution in [0, 0.1) is 5.92 Å². The predicted octanol–water partition coefficient (Wildman–Crippen LogP) is 3.68. The lowest BCUT2D eigenvalue weighted by atomic mass is 9.92. The summed E-state index contributed by atoms with van der Waals surface area (Å²) in [7, 11) is 1.84. The first kappa shape index (κ1) is 22.2. The molecule has 0 aliphatic carbocycles. The fraction of sp³-hybridized carbons (Fsp3) is 0.478. The van der Waals surface area contributed by atoms with Crippen LogP contribution >= 0.6 is 11.3 Å². The minimum Gasteiger partial charge on any atom is -0.345 e. The van der Waals surface area contributed by atoms with Crippen LogP contribution in [0.1, 0.15) is 58.3 Å². The summed E-state index contributed by atoms with van der Waals surface area (Å²) in [6, 6.07) is 7.51. The van der Waals surface area contributed by atoms with Gasteiger partial charge in [-0.3, -0.25) is 19.4 Å². The highest BCUT2D eigenvalue weighted by atomic mass is 32.1. The SMILES string of the molecule is CC(=O)c1cc(C(=O)N2CCC[C@@H](CCC(=O)N(C)CCc3ccccn3)C2)cs1. The number of hydrogen-bond donors (Lipinski definition) is 0. The first-order valence-electron chi connectivity index (χ1n) is 10.5. The molecule has 30 heavy (non-hydrogen) atoms. The third kappa shape index (κ3) is 5.98. The lowest BCUT2D eigenvalue weighted by molar-refractivity contribution is -0.130. The fourth-order valence-corrected chi connectivity index (χ4v) is 4.56. The quantitative estimate of drug-likeness (QED) is 0.603. The van der Waals surface area contributed by atoms with Gasteiger partial charge in [-0.2, -0.15) is 0 Å². The van der Waals surface area contributed by atoms with Gasteiger partial charge in [0.15, 0.2) is 5.78 Å². The average Bonchev–Trinajstić information content (AvgIpc) is 3.27. The highest BCUT2D eigenvalue weighted by Crippen LogP contribution is 2.24. The fourth-order valence-electron chi connectivity index (χ4n) is 3.77. The van der Waals surface area contributed by atoms with Gasteiger partial charge >= 0.3 is 0 Å². The lowest BCUT2D eigenvalue weighted by Gasteiger charge is -2.33. The maximum atomic E-state index is 12.8. The second-order valence-electron chi connectivity index (χ2n) is 7.94. The summed E-state index contributed by atoms with van der Waals surface area (Å²) in [5, 5.41) is 1.77. The number of hydrogen-bond acceptors (Lipinski definition) is 5. The van der Waals surface area contributed by atoms with Crippen LogP contribution in [0.2, 0.25) is 0 Å². The monoisotopic (exact) mass is 427 g/mol. The van der Waals surface area contributed by atoms with Crippen LogP contribution in [0.25, 0.3) is 0 Å². The number of aromatic nitrogens is 1. The van der Waals surface area contributed by atoms with Crippen LogP contribution in [0.4, 0.5) is 0 Å². The van der Waals surface area contributed by atoms with Gasteiger partial charge in [0.1, 0.15) is 0 Å². The summed E-state index contributed by atoms with van der Waals surface area (Å²) < 4.78 is 0. The number of nitrogens with zero attached hydrogens (tertiary/aromatic N) is 3. The Morgan fingerprint density at radius 3 is 2.83 bits per heavy atom. The number of Topliss-reactive ketones (excluding diaryl/α,β-unsaturated/α-hetero) is 1. The molecular formula is C23H29N3O3S. The first-order valence-corrected chi connectivity index (χ1v) is 11.3. The number of likely N-dealkylation sites (N-methyl/N-ethyl adjacent to an activating group) is 1. The number of ketones is 1. The van der Waals surface area contributed by atoms with Crippen molar-refractivity contribution >= 4 is 28.9 Å². The number of carbonyl (C=O) groups excluding carboxylic acids is 3. The standard InChI is InChI=1S/C23H29N3O3S/c1-17(27)21-14-19(16-30-21)23(29)26-12-5-6-18(15-26)8-9-22(28)25(2)13-10-20-7-3-4-11-24-20/h3-4,7,11,14,16,18H,5-6,8-10,12-13,15H2,1-2H3/t18-/m0/s1. The summed E-state index contributed by atoms with van der Waals surface area (Å²) >= 11 is 1.32. The summed E-state index contributed by atoms with van der Waals surface area (Å²) in [6.07, 6.45) is 5.79. The molecule has 0 radical (unpaired) electrons. The molecule has 2 aromatic rings. The minimum atomic E-state index is -0.0127. The van der Waals surface area contributed by atoms with Gasteiger partial charge in [-0.1, -0.05) is 6.07 Å². The Morgan fingerprint density at radius 1 is 1.30 bits per heavy atom. The van der Waals surface area contributed by atoms with Crippen molar-refractivity contribution in [3.8, 4) is 0 Å². The van der Waals surface area contributed by atoms with E-state index < -0.39 is 0 Å². The van der Waals surface area contributed by atoms with Crippen LogP contribution in [-0.4, -0.2) is 59.1 Å². The molecule has 1 fully saturated rings. The van der Waals surface area contributed by atoms with Gasteiger partial charge in [0.05, 0.1) is 10.4 Å². The smallest absolute Gasteiger partial charge is 0.254 e. The number of carbonyl (C=O) groups is 3. The van der Waals surface area contributed by atoms with Crippen LogP contribution in [0.5, 0.6) is 0 Å². The molecule has 3 heterocycles. The third-order valence-corrected chi connectivity index (χ3v) is 6.65. The Balaban J connectivity index is 1.45. The molecule has 1 saturated heterocycles. The average molecular weight is 428 g/mol. The van der Waals surface area contributed by atoms with Gasteiger partial charge in [0.25, 0.3) is 5.91 Å². The van der Waals surface area contributed by atoms with E-state index in [4.69, 9.17) is 0 Å². The van der Waals surface area contributed by atoms with Gasteiger partial charge in [-0.05, 0) is 50.3 Å². The van der Waals surface area contributed by atoms with E-state index >= 15 is 0 Å². The summed E-state index contributed by atoms with van der Waals surface area (Å²) in [6.45, 7) is 3.58. The Labute approximate surface area is 181 Å². The van der Waals surface area contributed by atoms with Gasteiger partial charge in [0.2, 0.25) is 5.91 Å². The number of thiophene rings is 1. The minimum absolute atomic E-state index is 0.0118. The zero-order chi connectivity index (χ0) is 21.5. The Hall–Kier alpha value is -2.54. The molecule has 0 spiro atoms. The Kier molecular flexibility index (Phi) is 7.74. The molecule has 2 aromatic heterocycles. The molecule has 0 bridgehead atoms. The van der Waals surface area contributed by atoms with E-state index in [1.165, 1.54) is 18.3 Å². The number of rotatable bonds is 8. The zero-order valence-corrected chi connectivity index (χ0v) is 18.5. The normalized spacial score (nSPS) is 16.3. The van der Waals surface area contributed by atoms with E-state index in [0.717, 1.165) is 37.9 Å². The van der Waals surface area contributed by atoms with Crippen molar-refractivity contribution in [2.75, 3.05) is 26.7 Å². The summed E-state index contributed by atoms with van der Waals surface area (Å²) in [5.41, 5.74) is 1.58. The molecule has 1 atom stereocenters. The topological polar surface area (TPSA) is 70.6 Å². The van der Waals surface area contributed by atoms with Crippen molar-refractivity contribution in [3.05, 3.63) is 52.0 Å². The van der Waals surface area contributed by atoms with Crippen molar-refractivity contribution in [1.29, 1.82) is 0 Å². The van der Waals surface area contributed by atoms with Crippen molar-refractivity contribution in [1.82, 2.24) is 14.8 Å². The van der Waals surface area contributed by atoms with Crippen LogP contribution in [0.15, 0.2) is 35.8 Å². The van der Waals surface area contributed by atoms with Gasteiger partial charge in [-0.25, -0.2) is 0 Å². The molecule has 0 saturated carbocycles. The third-order valence-electron chi connectivity index (χ3n) is 5.62. The van der Waals surface area contributed by atoms with Crippen LogP contribution < -0.4 is 0 Å². The van der Waals surface area contributed by atoms with Gasteiger partial charge in [0, 0.05) is 56.8 Å². The largest absolute Gasteiger partial charge is 0.345 e. The van der Waals surface area contributed by atoms with E-state index in [1.807, 2.05) is 30.1 Å². The predicted molar refractivity (Wildman–Crippen MR) is 118 cm³/mol. The van der Waals surface area contributed by atoms with E-state index in [-0.39, 0.29) is 17.6 Å². The molecule has 160 valence electrons. The van der Waals surface area contributed by atoms with Crippen molar-refractivity contribution < 1.29 is 14.4 Å². The Morgan fingerprint density at radius 2 is 2.13 bits per heavy atom. The van der Waals surface area contributed by atoms with Crippen molar-refractivity contribution in [3.63, 3.8) is 0 Å². The molecule has 0 N–H and O–H groups in total.